The number of para-hydroxylation sites is 1. The van der Waals surface area contributed by atoms with E-state index in [0.29, 0.717) is 0 Å². The van der Waals surface area contributed by atoms with Crippen LogP contribution < -0.4 is 4.90 Å². The molecule has 18 heavy (non-hydrogen) atoms. The van der Waals surface area contributed by atoms with Crippen molar-refractivity contribution in [2.45, 2.75) is 6.42 Å². The molecular formula is C13H11BrN4. The van der Waals surface area contributed by atoms with Crippen LogP contribution in [0.2, 0.25) is 0 Å². The third-order valence-corrected chi connectivity index (χ3v) is 3.95. The van der Waals surface area contributed by atoms with Gasteiger partial charge in [0.2, 0.25) is 5.96 Å². The van der Waals surface area contributed by atoms with Gasteiger partial charge >= 0.3 is 0 Å². The highest BCUT2D eigenvalue weighted by Crippen LogP contribution is 2.37. The maximum atomic E-state index is 4.66. The summed E-state index contributed by atoms with van der Waals surface area (Å²) in [4.78, 5) is 11.4. The van der Waals surface area contributed by atoms with Crippen LogP contribution in [0, 0.1) is 0 Å². The van der Waals surface area contributed by atoms with Crippen molar-refractivity contribution < 1.29 is 0 Å². The second-order valence-corrected chi connectivity index (χ2v) is 5.26. The second kappa shape index (κ2) is 3.68. The van der Waals surface area contributed by atoms with Gasteiger partial charge < -0.3 is 4.90 Å². The molecule has 90 valence electrons. The van der Waals surface area contributed by atoms with E-state index >= 15 is 0 Å². The summed E-state index contributed by atoms with van der Waals surface area (Å²) in [7, 11) is 0. The van der Waals surface area contributed by atoms with Gasteiger partial charge in [-0.05, 0) is 34.5 Å². The molecule has 5 heteroatoms. The van der Waals surface area contributed by atoms with Gasteiger partial charge in [-0.25, -0.2) is 4.98 Å². The first kappa shape index (κ1) is 10.3. The molecule has 0 fully saturated rings. The molecule has 0 saturated carbocycles. The SMILES string of the molecule is Brc1cnc2n1C1=NCCCN1c1ccccc1-2. The molecule has 3 heterocycles. The van der Waals surface area contributed by atoms with Crippen LogP contribution in [0.5, 0.6) is 0 Å². The van der Waals surface area contributed by atoms with Crippen molar-refractivity contribution in [3.63, 3.8) is 0 Å². The quantitative estimate of drug-likeness (QED) is 0.750. The summed E-state index contributed by atoms with van der Waals surface area (Å²) in [6.45, 7) is 1.90. The molecule has 1 aromatic heterocycles. The molecule has 0 aliphatic carbocycles. The molecule has 0 unspecified atom stereocenters. The maximum Gasteiger partial charge on any atom is 0.212 e. The van der Waals surface area contributed by atoms with Gasteiger partial charge in [-0.2, -0.15) is 0 Å². The van der Waals surface area contributed by atoms with Crippen molar-refractivity contribution in [2.75, 3.05) is 18.0 Å². The van der Waals surface area contributed by atoms with Crippen LogP contribution >= 0.6 is 15.9 Å². The Morgan fingerprint density at radius 2 is 2.11 bits per heavy atom. The number of fused-ring (bicyclic) bond motifs is 6. The third-order valence-electron chi connectivity index (χ3n) is 3.39. The number of aliphatic imine (C=N–C) groups is 1. The second-order valence-electron chi connectivity index (χ2n) is 4.44. The van der Waals surface area contributed by atoms with Crippen molar-refractivity contribution in [1.82, 2.24) is 9.55 Å². The van der Waals surface area contributed by atoms with E-state index in [-0.39, 0.29) is 0 Å². The number of aromatic nitrogens is 2. The van der Waals surface area contributed by atoms with Crippen LogP contribution in [0.25, 0.3) is 11.4 Å². The smallest absolute Gasteiger partial charge is 0.212 e. The third kappa shape index (κ3) is 1.25. The fourth-order valence-electron chi connectivity index (χ4n) is 2.62. The molecule has 1 aromatic carbocycles. The van der Waals surface area contributed by atoms with E-state index in [2.05, 4.69) is 59.6 Å². The van der Waals surface area contributed by atoms with Crippen molar-refractivity contribution in [3.05, 3.63) is 35.1 Å². The summed E-state index contributed by atoms with van der Waals surface area (Å²) < 4.78 is 3.04. The first-order valence-electron chi connectivity index (χ1n) is 6.01. The first-order chi connectivity index (χ1) is 8.86. The van der Waals surface area contributed by atoms with Crippen LogP contribution in [0.4, 0.5) is 5.69 Å². The summed E-state index contributed by atoms with van der Waals surface area (Å²) in [6, 6.07) is 8.38. The van der Waals surface area contributed by atoms with Gasteiger partial charge in [-0.15, -0.1) is 0 Å². The monoisotopic (exact) mass is 302 g/mol. The van der Waals surface area contributed by atoms with Gasteiger partial charge in [-0.1, -0.05) is 12.1 Å². The van der Waals surface area contributed by atoms with Crippen LogP contribution in [-0.2, 0) is 0 Å². The number of hydrogen-bond acceptors (Lipinski definition) is 3. The molecular weight excluding hydrogens is 292 g/mol. The summed E-state index contributed by atoms with van der Waals surface area (Å²) in [5.74, 6) is 1.95. The number of rotatable bonds is 0. The van der Waals surface area contributed by atoms with Gasteiger partial charge in [-0.3, -0.25) is 9.56 Å². The Kier molecular flexibility index (Phi) is 2.11. The topological polar surface area (TPSA) is 33.4 Å². The van der Waals surface area contributed by atoms with E-state index in [0.717, 1.165) is 35.9 Å². The van der Waals surface area contributed by atoms with Gasteiger partial charge in [0, 0.05) is 18.7 Å². The predicted octanol–water partition coefficient (Wildman–Crippen LogP) is 2.74. The number of halogens is 1. The maximum absolute atomic E-state index is 4.66. The molecule has 0 saturated heterocycles. The Labute approximate surface area is 113 Å². The number of anilines is 1. The molecule has 0 amide bonds. The number of benzene rings is 1. The summed E-state index contributed by atoms with van der Waals surface area (Å²) in [6.07, 6.45) is 2.94. The summed E-state index contributed by atoms with van der Waals surface area (Å²) in [5, 5.41) is 0. The van der Waals surface area contributed by atoms with E-state index in [1.165, 1.54) is 11.3 Å². The largest absolute Gasteiger partial charge is 0.311 e. The minimum Gasteiger partial charge on any atom is -0.311 e. The van der Waals surface area contributed by atoms with E-state index in [4.69, 9.17) is 0 Å². The molecule has 0 atom stereocenters. The Bertz CT molecular complexity index is 659. The lowest BCUT2D eigenvalue weighted by atomic mass is 10.1. The fraction of sp³-hybridized carbons (Fsp3) is 0.231. The van der Waals surface area contributed by atoms with Crippen molar-refractivity contribution in [3.8, 4) is 11.4 Å². The number of hydrogen-bond donors (Lipinski definition) is 0. The lowest BCUT2D eigenvalue weighted by Crippen LogP contribution is -2.43. The molecule has 0 bridgehead atoms. The van der Waals surface area contributed by atoms with Gasteiger partial charge in [0.15, 0.2) is 0 Å². The predicted molar refractivity (Wildman–Crippen MR) is 75.0 cm³/mol. The Hall–Kier alpha value is -1.62. The van der Waals surface area contributed by atoms with Crippen LogP contribution in [0.3, 0.4) is 0 Å². The van der Waals surface area contributed by atoms with E-state index in [9.17, 15) is 0 Å². The summed E-state index contributed by atoms with van der Waals surface area (Å²) >= 11 is 3.56. The Balaban J connectivity index is 2.08. The highest BCUT2D eigenvalue weighted by atomic mass is 79.9. The highest BCUT2D eigenvalue weighted by molar-refractivity contribution is 9.10. The van der Waals surface area contributed by atoms with Crippen LogP contribution in [0.15, 0.2) is 40.1 Å². The number of nitrogens with zero attached hydrogens (tertiary/aromatic N) is 4. The zero-order valence-corrected chi connectivity index (χ0v) is 11.3. The first-order valence-corrected chi connectivity index (χ1v) is 6.80. The normalized spacial score (nSPS) is 16.7. The highest BCUT2D eigenvalue weighted by Gasteiger charge is 2.30. The molecule has 4 nitrogen and oxygen atoms in total. The standard InChI is InChI=1S/C13H11BrN4/c14-11-8-16-12-9-4-1-2-5-10(9)17-7-3-6-15-13(17)18(11)12/h1-2,4-5,8H,3,6-7H2. The lowest BCUT2D eigenvalue weighted by molar-refractivity contribution is 0.760. The molecule has 4 rings (SSSR count). The van der Waals surface area contributed by atoms with Gasteiger partial charge in [0.1, 0.15) is 10.4 Å². The average molecular weight is 303 g/mol. The van der Waals surface area contributed by atoms with Crippen molar-refractivity contribution >= 4 is 27.6 Å². The summed E-state index contributed by atoms with van der Waals surface area (Å²) in [5.41, 5.74) is 2.38. The van der Waals surface area contributed by atoms with Crippen molar-refractivity contribution in [2.24, 2.45) is 4.99 Å². The zero-order valence-electron chi connectivity index (χ0n) is 9.67. The molecule has 0 radical (unpaired) electrons. The van der Waals surface area contributed by atoms with Gasteiger partial charge in [0.05, 0.1) is 11.9 Å². The minimum absolute atomic E-state index is 0.887. The van der Waals surface area contributed by atoms with Crippen molar-refractivity contribution in [1.29, 1.82) is 0 Å². The Morgan fingerprint density at radius 1 is 1.22 bits per heavy atom. The lowest BCUT2D eigenvalue weighted by Gasteiger charge is -2.35. The van der Waals surface area contributed by atoms with Crippen LogP contribution in [-0.4, -0.2) is 28.6 Å². The molecule has 2 aliphatic rings. The fourth-order valence-corrected chi connectivity index (χ4v) is 3.05. The molecule has 2 aliphatic heterocycles. The Morgan fingerprint density at radius 3 is 3.06 bits per heavy atom. The molecule has 0 N–H and O–H groups in total. The van der Waals surface area contributed by atoms with Crippen LogP contribution in [0.1, 0.15) is 6.42 Å². The molecule has 0 spiro atoms. The zero-order chi connectivity index (χ0) is 12.1. The average Bonchev–Trinajstić information content (AvgIpc) is 2.82. The van der Waals surface area contributed by atoms with E-state index in [1.54, 1.807) is 0 Å². The molecule has 2 aromatic rings. The van der Waals surface area contributed by atoms with E-state index < -0.39 is 0 Å². The number of imidazole rings is 1. The van der Waals surface area contributed by atoms with Gasteiger partial charge in [0.25, 0.3) is 0 Å². The van der Waals surface area contributed by atoms with E-state index in [1.807, 2.05) is 6.20 Å². The minimum atomic E-state index is 0.887.